The molecule has 3 aromatic carbocycles. The van der Waals surface area contributed by atoms with Crippen LogP contribution in [-0.4, -0.2) is 33.3 Å². The maximum atomic E-state index is 13.3. The summed E-state index contributed by atoms with van der Waals surface area (Å²) >= 11 is 12.9. The highest BCUT2D eigenvalue weighted by Gasteiger charge is 2.55. The smallest absolute Gasteiger partial charge is 0.342 e. The van der Waals surface area contributed by atoms with Crippen LogP contribution in [0.5, 0.6) is 23.0 Å². The van der Waals surface area contributed by atoms with E-state index in [0.29, 0.717) is 16.7 Å². The Morgan fingerprint density at radius 1 is 0.941 bits per heavy atom. The molecule has 0 aliphatic carbocycles. The molecule has 0 aromatic heterocycles. The van der Waals surface area contributed by atoms with E-state index in [-0.39, 0.29) is 39.8 Å². The highest BCUT2D eigenvalue weighted by Crippen LogP contribution is 2.58. The van der Waals surface area contributed by atoms with Crippen LogP contribution in [0.1, 0.15) is 32.6 Å². The molecule has 6 rings (SSSR count). The van der Waals surface area contributed by atoms with Crippen molar-refractivity contribution in [3.8, 4) is 23.0 Å². The minimum absolute atomic E-state index is 0.0413. The van der Waals surface area contributed by atoms with Gasteiger partial charge in [0.05, 0.1) is 11.3 Å². The number of alkyl halides is 1. The second-order valence-electron chi connectivity index (χ2n) is 7.89. The van der Waals surface area contributed by atoms with E-state index in [2.05, 4.69) is 9.98 Å². The zero-order chi connectivity index (χ0) is 23.8. The summed E-state index contributed by atoms with van der Waals surface area (Å²) < 4.78 is 13.0. The van der Waals surface area contributed by atoms with E-state index in [1.807, 2.05) is 0 Å². The third-order valence-electron chi connectivity index (χ3n) is 6.07. The molecule has 1 unspecified atom stereocenters. The number of halogens is 2. The molecule has 1 spiro atoms. The molecule has 34 heavy (non-hydrogen) atoms. The van der Waals surface area contributed by atoms with Gasteiger partial charge in [0.2, 0.25) is 0 Å². The van der Waals surface area contributed by atoms with Crippen LogP contribution in [-0.2, 0) is 15.5 Å². The monoisotopic (exact) mass is 496 g/mol. The number of carbonyl (C=O) groups excluding carboxylic acids is 1. The number of fused-ring (bicyclic) bond motifs is 6. The quantitative estimate of drug-likeness (QED) is 0.152. The van der Waals surface area contributed by atoms with Crippen molar-refractivity contribution in [1.82, 2.24) is 4.42 Å². The van der Waals surface area contributed by atoms with Gasteiger partial charge in [0.15, 0.2) is 5.60 Å². The van der Waals surface area contributed by atoms with Crippen LogP contribution in [0.25, 0.3) is 0 Å². The molecule has 11 heteroatoms. The number of aromatic hydroxyl groups is 2. The standard InChI is InChI=1S/C23H14Cl2N4O5/c24-23(28-9-27-10-29(23)25)16-6-5-15-19(20(16)26)21(32)34-22(15)13-3-1-11(30)7-17(13)33-18-8-12(31)2-4-14(18)22/h1-10,30-31H,26H2. The number of aliphatic imine (C=N–C) groups is 2. The number of carbonyl (C=O) groups is 1. The number of hydrogen-bond acceptors (Lipinski definition) is 9. The van der Waals surface area contributed by atoms with E-state index in [9.17, 15) is 15.0 Å². The molecule has 0 saturated heterocycles. The normalized spacial score (nSPS) is 21.0. The first-order chi connectivity index (χ1) is 16.3. The summed E-state index contributed by atoms with van der Waals surface area (Å²) in [6, 6.07) is 12.2. The summed E-state index contributed by atoms with van der Waals surface area (Å²) in [5, 5.41) is 18.4. The number of phenols is 2. The molecule has 3 aliphatic heterocycles. The van der Waals surface area contributed by atoms with Gasteiger partial charge in [-0.15, -0.1) is 0 Å². The molecule has 0 saturated carbocycles. The Hall–Kier alpha value is -3.95. The molecule has 3 aliphatic rings. The second kappa shape index (κ2) is 6.78. The van der Waals surface area contributed by atoms with E-state index in [1.54, 1.807) is 24.3 Å². The van der Waals surface area contributed by atoms with Crippen molar-refractivity contribution in [2.24, 2.45) is 9.98 Å². The van der Waals surface area contributed by atoms with Crippen LogP contribution in [0.3, 0.4) is 0 Å². The van der Waals surface area contributed by atoms with Gasteiger partial charge in [0, 0.05) is 46.2 Å². The fraction of sp³-hybridized carbons (Fsp3) is 0.0870. The Kier molecular flexibility index (Phi) is 4.12. The summed E-state index contributed by atoms with van der Waals surface area (Å²) in [5.41, 5.74) is 6.84. The molecule has 3 heterocycles. The van der Waals surface area contributed by atoms with Gasteiger partial charge in [-0.3, -0.25) is 0 Å². The SMILES string of the molecule is Nc1c(C2(Cl)N=CN=CN2Cl)ccc2c1C(=O)OC21c2ccc(O)cc2Oc2cc(O)ccc21. The first-order valence-corrected chi connectivity index (χ1v) is 10.7. The number of benzene rings is 3. The lowest BCUT2D eigenvalue weighted by Crippen LogP contribution is -2.36. The van der Waals surface area contributed by atoms with Crippen molar-refractivity contribution >= 4 is 47.7 Å². The topological polar surface area (TPSA) is 130 Å². The van der Waals surface area contributed by atoms with Crippen molar-refractivity contribution < 1.29 is 24.5 Å². The van der Waals surface area contributed by atoms with Crippen LogP contribution >= 0.6 is 23.4 Å². The number of phenolic OH excluding ortho intramolecular Hbond substituents is 2. The largest absolute Gasteiger partial charge is 0.508 e. The third kappa shape index (κ3) is 2.53. The Bertz CT molecular complexity index is 1420. The van der Waals surface area contributed by atoms with Gasteiger partial charge in [0.25, 0.3) is 5.12 Å². The van der Waals surface area contributed by atoms with Gasteiger partial charge < -0.3 is 25.4 Å². The second-order valence-corrected chi connectivity index (χ2v) is 8.78. The maximum Gasteiger partial charge on any atom is 0.342 e. The van der Waals surface area contributed by atoms with E-state index >= 15 is 0 Å². The molecular formula is C23H14Cl2N4O5. The van der Waals surface area contributed by atoms with Gasteiger partial charge in [-0.05, 0) is 24.3 Å². The fourth-order valence-corrected chi connectivity index (χ4v) is 5.04. The maximum absolute atomic E-state index is 13.3. The van der Waals surface area contributed by atoms with Gasteiger partial charge in [-0.2, -0.15) is 0 Å². The minimum Gasteiger partial charge on any atom is -0.508 e. The van der Waals surface area contributed by atoms with E-state index in [0.717, 1.165) is 4.42 Å². The number of hydrogen-bond donors (Lipinski definition) is 3. The van der Waals surface area contributed by atoms with Gasteiger partial charge in [-0.25, -0.2) is 19.2 Å². The van der Waals surface area contributed by atoms with Crippen LogP contribution in [0, 0.1) is 0 Å². The van der Waals surface area contributed by atoms with Crippen molar-refractivity contribution in [3.63, 3.8) is 0 Å². The highest BCUT2D eigenvalue weighted by molar-refractivity contribution is 6.31. The Balaban J connectivity index is 1.64. The first-order valence-electron chi connectivity index (χ1n) is 9.98. The number of anilines is 1. The van der Waals surface area contributed by atoms with E-state index < -0.39 is 16.7 Å². The third-order valence-corrected chi connectivity index (χ3v) is 6.97. The molecule has 9 nitrogen and oxygen atoms in total. The van der Waals surface area contributed by atoms with Crippen molar-refractivity contribution in [2.75, 3.05) is 5.73 Å². The van der Waals surface area contributed by atoms with Gasteiger partial charge >= 0.3 is 5.97 Å². The zero-order valence-electron chi connectivity index (χ0n) is 17.1. The summed E-state index contributed by atoms with van der Waals surface area (Å²) in [5.74, 6) is -0.255. The lowest BCUT2D eigenvalue weighted by molar-refractivity contribution is 0.0224. The van der Waals surface area contributed by atoms with Crippen LogP contribution < -0.4 is 10.5 Å². The van der Waals surface area contributed by atoms with Crippen LogP contribution in [0.2, 0.25) is 0 Å². The summed E-state index contributed by atoms with van der Waals surface area (Å²) in [6.45, 7) is 0. The number of nitrogen functional groups attached to an aromatic ring is 1. The van der Waals surface area contributed by atoms with Crippen LogP contribution in [0.15, 0.2) is 58.5 Å². The first kappa shape index (κ1) is 20.6. The fourth-order valence-electron chi connectivity index (χ4n) is 4.61. The molecule has 1 atom stereocenters. The lowest BCUT2D eigenvalue weighted by atomic mass is 9.77. The minimum atomic E-state index is -1.62. The highest BCUT2D eigenvalue weighted by atomic mass is 35.5. The van der Waals surface area contributed by atoms with Crippen molar-refractivity contribution in [1.29, 1.82) is 0 Å². The number of ether oxygens (including phenoxy) is 2. The molecule has 3 aromatic rings. The lowest BCUT2D eigenvalue weighted by Gasteiger charge is -2.36. The molecule has 170 valence electrons. The van der Waals surface area contributed by atoms with E-state index in [1.165, 1.54) is 36.9 Å². The predicted molar refractivity (Wildman–Crippen MR) is 125 cm³/mol. The predicted octanol–water partition coefficient (Wildman–Crippen LogP) is 4.12. The van der Waals surface area contributed by atoms with Crippen molar-refractivity contribution in [2.45, 2.75) is 10.7 Å². The number of nitrogens with zero attached hydrogens (tertiary/aromatic N) is 3. The van der Waals surface area contributed by atoms with Gasteiger partial charge in [0.1, 0.15) is 35.7 Å². The zero-order valence-corrected chi connectivity index (χ0v) is 18.6. The Labute approximate surface area is 202 Å². The summed E-state index contributed by atoms with van der Waals surface area (Å²) in [6.07, 6.45) is 2.51. The van der Waals surface area contributed by atoms with Crippen LogP contribution in [0.4, 0.5) is 5.69 Å². The van der Waals surface area contributed by atoms with E-state index in [4.69, 9.17) is 38.6 Å². The molecule has 0 amide bonds. The molecule has 4 N–H and O–H groups in total. The molecular weight excluding hydrogens is 483 g/mol. The summed E-state index contributed by atoms with van der Waals surface area (Å²) in [7, 11) is 0. The number of esters is 1. The average Bonchev–Trinajstić information content (AvgIpc) is 3.09. The average molecular weight is 497 g/mol. The van der Waals surface area contributed by atoms with Gasteiger partial charge in [-0.1, -0.05) is 23.7 Å². The van der Waals surface area contributed by atoms with Crippen molar-refractivity contribution in [3.05, 3.63) is 76.3 Å². The summed E-state index contributed by atoms with van der Waals surface area (Å²) in [4.78, 5) is 21.3. The number of nitrogens with two attached hydrogens (primary N) is 1. The number of rotatable bonds is 1. The molecule has 0 bridgehead atoms. The molecule has 0 fully saturated rings. The molecule has 0 radical (unpaired) electrons. The Morgan fingerprint density at radius 3 is 2.15 bits per heavy atom. The Morgan fingerprint density at radius 2 is 1.53 bits per heavy atom.